The first-order valence-electron chi connectivity index (χ1n) is 5.99. The van der Waals surface area contributed by atoms with Crippen molar-refractivity contribution >= 4 is 18.1 Å². The predicted molar refractivity (Wildman–Crippen MR) is 71.8 cm³/mol. The summed E-state index contributed by atoms with van der Waals surface area (Å²) in [6.07, 6.45) is 4.75. The summed E-state index contributed by atoms with van der Waals surface area (Å²) in [5.41, 5.74) is 2.81. The van der Waals surface area contributed by atoms with Gasteiger partial charge in [0.1, 0.15) is 11.4 Å². The maximum Gasteiger partial charge on any atom is 0.278 e. The van der Waals surface area contributed by atoms with Crippen LogP contribution in [0.2, 0.25) is 0 Å². The Hall–Kier alpha value is -1.78. The lowest BCUT2D eigenvalue weighted by molar-refractivity contribution is 0.578. The topological polar surface area (TPSA) is 77.6 Å². The first-order chi connectivity index (χ1) is 9.17. The molecule has 5 nitrogen and oxygen atoms in total. The van der Waals surface area contributed by atoms with Crippen LogP contribution in [0.5, 0.6) is 0 Å². The number of nitrogens with zero attached hydrogens (tertiary/aromatic N) is 4. The number of rotatable bonds is 2. The quantitative estimate of drug-likeness (QED) is 0.599. The molecule has 1 atom stereocenters. The molecule has 3 heterocycles. The van der Waals surface area contributed by atoms with Gasteiger partial charge in [-0.2, -0.15) is 0 Å². The number of nitriles is 1. The zero-order valence-corrected chi connectivity index (χ0v) is 11.2. The van der Waals surface area contributed by atoms with Gasteiger partial charge in [0.2, 0.25) is 0 Å². The predicted octanol–water partition coefficient (Wildman–Crippen LogP) is 0.892. The molecule has 94 valence electrons. The average molecular weight is 270 g/mol. The van der Waals surface area contributed by atoms with Crippen LogP contribution in [0.3, 0.4) is 0 Å². The van der Waals surface area contributed by atoms with Crippen molar-refractivity contribution in [3.05, 3.63) is 41.5 Å². The van der Waals surface area contributed by atoms with Crippen LogP contribution in [0.1, 0.15) is 17.0 Å². The standard InChI is InChI=1S/C12H11BN4OS/c1-9-2-3-11(6-15-9)19(18)17-7-10-4-13(8-14)5-12(10)16-17/h2-3,6-7H,4-5H2,1H3. The summed E-state index contributed by atoms with van der Waals surface area (Å²) in [4.78, 5) is 4.77. The monoisotopic (exact) mass is 270 g/mol. The number of aromatic nitrogens is 3. The summed E-state index contributed by atoms with van der Waals surface area (Å²) >= 11 is -1.37. The van der Waals surface area contributed by atoms with Gasteiger partial charge in [-0.15, -0.1) is 5.10 Å². The maximum atomic E-state index is 12.3. The molecule has 1 aliphatic rings. The van der Waals surface area contributed by atoms with Crippen LogP contribution in [-0.4, -0.2) is 25.4 Å². The van der Waals surface area contributed by atoms with E-state index in [2.05, 4.69) is 16.1 Å². The normalized spacial score (nSPS) is 15.1. The van der Waals surface area contributed by atoms with Crippen LogP contribution in [0.15, 0.2) is 29.4 Å². The Bertz CT molecular complexity index is 625. The first-order valence-corrected chi connectivity index (χ1v) is 7.10. The highest BCUT2D eigenvalue weighted by Gasteiger charge is 2.30. The summed E-state index contributed by atoms with van der Waals surface area (Å²) in [6, 6.07) is 3.62. The lowest BCUT2D eigenvalue weighted by atomic mass is 9.49. The van der Waals surface area contributed by atoms with E-state index < -0.39 is 11.4 Å². The molecule has 1 unspecified atom stereocenters. The number of hydrogen-bond acceptors (Lipinski definition) is 4. The minimum absolute atomic E-state index is 0.0154. The van der Waals surface area contributed by atoms with Crippen molar-refractivity contribution in [3.8, 4) is 5.97 Å². The second-order valence-electron chi connectivity index (χ2n) is 4.62. The largest absolute Gasteiger partial charge is 0.586 e. The molecule has 1 aliphatic heterocycles. The Labute approximate surface area is 114 Å². The van der Waals surface area contributed by atoms with E-state index in [-0.39, 0.29) is 6.71 Å². The minimum Gasteiger partial charge on any atom is -0.586 e. The fraction of sp³-hybridized carbons (Fsp3) is 0.250. The van der Waals surface area contributed by atoms with Crippen LogP contribution in [0.25, 0.3) is 0 Å². The summed E-state index contributed by atoms with van der Waals surface area (Å²) in [5, 5.41) is 13.2. The molecule has 0 amide bonds. The molecule has 2 aromatic rings. The molecule has 0 saturated heterocycles. The zero-order chi connectivity index (χ0) is 13.4. The lowest BCUT2D eigenvalue weighted by Crippen LogP contribution is -2.17. The second-order valence-corrected chi connectivity index (χ2v) is 5.97. The molecule has 0 aromatic carbocycles. The molecule has 0 spiro atoms. The third-order valence-corrected chi connectivity index (χ3v) is 4.37. The molecule has 7 heteroatoms. The molecule has 0 fully saturated rings. The van der Waals surface area contributed by atoms with Crippen molar-refractivity contribution in [2.75, 3.05) is 0 Å². The highest BCUT2D eigenvalue weighted by Crippen LogP contribution is 2.22. The molecule has 2 aromatic heterocycles. The highest BCUT2D eigenvalue weighted by molar-refractivity contribution is 7.89. The average Bonchev–Trinajstić information content (AvgIpc) is 2.96. The van der Waals surface area contributed by atoms with E-state index in [1.165, 1.54) is 4.09 Å². The van der Waals surface area contributed by atoms with Gasteiger partial charge < -0.3 is 4.55 Å². The number of pyridine rings is 1. The van der Waals surface area contributed by atoms with Crippen molar-refractivity contribution in [1.29, 1.82) is 5.26 Å². The van der Waals surface area contributed by atoms with E-state index in [1.807, 2.05) is 13.0 Å². The minimum atomic E-state index is -1.37. The van der Waals surface area contributed by atoms with Gasteiger partial charge in [-0.1, -0.05) is 4.09 Å². The van der Waals surface area contributed by atoms with Gasteiger partial charge in [0, 0.05) is 11.7 Å². The fourth-order valence-corrected chi connectivity index (χ4v) is 3.11. The van der Waals surface area contributed by atoms with Crippen molar-refractivity contribution < 1.29 is 4.55 Å². The first kappa shape index (κ1) is 12.3. The Morgan fingerprint density at radius 2 is 2.32 bits per heavy atom. The maximum absolute atomic E-state index is 12.3. The molecular formula is C12H11BN4OS. The third-order valence-electron chi connectivity index (χ3n) is 3.20. The van der Waals surface area contributed by atoms with Crippen molar-refractivity contribution in [1.82, 2.24) is 14.2 Å². The van der Waals surface area contributed by atoms with Crippen LogP contribution >= 0.6 is 0 Å². The third kappa shape index (κ3) is 2.25. The van der Waals surface area contributed by atoms with Gasteiger partial charge in [0.25, 0.3) is 6.71 Å². The Balaban J connectivity index is 1.85. The molecule has 0 saturated carbocycles. The summed E-state index contributed by atoms with van der Waals surface area (Å²) < 4.78 is 13.8. The van der Waals surface area contributed by atoms with E-state index in [4.69, 9.17) is 5.26 Å². The van der Waals surface area contributed by atoms with Gasteiger partial charge in [-0.3, -0.25) is 4.98 Å². The Morgan fingerprint density at radius 1 is 1.47 bits per heavy atom. The molecule has 3 rings (SSSR count). The number of aryl methyl sites for hydroxylation is 1. The van der Waals surface area contributed by atoms with Crippen LogP contribution in [0.4, 0.5) is 0 Å². The summed E-state index contributed by atoms with van der Waals surface area (Å²) in [5.74, 6) is 2.25. The van der Waals surface area contributed by atoms with Gasteiger partial charge in [0.15, 0.2) is 4.90 Å². The van der Waals surface area contributed by atoms with E-state index in [0.717, 1.165) is 17.0 Å². The summed E-state index contributed by atoms with van der Waals surface area (Å²) in [7, 11) is 0. The van der Waals surface area contributed by atoms with Crippen molar-refractivity contribution in [2.45, 2.75) is 24.5 Å². The van der Waals surface area contributed by atoms with E-state index in [1.54, 1.807) is 18.5 Å². The lowest BCUT2D eigenvalue weighted by Gasteiger charge is -2.08. The van der Waals surface area contributed by atoms with Gasteiger partial charge in [-0.25, -0.2) is 5.26 Å². The summed E-state index contributed by atoms with van der Waals surface area (Å²) in [6.45, 7) is 1.90. The van der Waals surface area contributed by atoms with Crippen molar-refractivity contribution in [3.63, 3.8) is 0 Å². The van der Waals surface area contributed by atoms with Gasteiger partial charge in [-0.05, 0) is 37.3 Å². The molecular weight excluding hydrogens is 259 g/mol. The van der Waals surface area contributed by atoms with Crippen LogP contribution in [0, 0.1) is 18.2 Å². The van der Waals surface area contributed by atoms with Gasteiger partial charge in [0.05, 0.1) is 18.1 Å². The fourth-order valence-electron chi connectivity index (χ4n) is 2.18. The molecule has 19 heavy (non-hydrogen) atoms. The molecule has 0 radical (unpaired) electrons. The zero-order valence-electron chi connectivity index (χ0n) is 10.4. The second kappa shape index (κ2) is 4.72. The van der Waals surface area contributed by atoms with Crippen LogP contribution < -0.4 is 0 Å². The van der Waals surface area contributed by atoms with Gasteiger partial charge >= 0.3 is 0 Å². The van der Waals surface area contributed by atoms with E-state index >= 15 is 0 Å². The van der Waals surface area contributed by atoms with E-state index in [9.17, 15) is 4.55 Å². The smallest absolute Gasteiger partial charge is 0.278 e. The highest BCUT2D eigenvalue weighted by atomic mass is 32.2. The molecule has 0 bridgehead atoms. The molecule has 0 N–H and O–H groups in total. The number of fused-ring (bicyclic) bond motifs is 1. The Kier molecular flexibility index (Phi) is 3.05. The molecule has 0 aliphatic carbocycles. The van der Waals surface area contributed by atoms with Crippen LogP contribution in [-0.2, 0) is 24.0 Å². The number of hydrogen-bond donors (Lipinski definition) is 0. The van der Waals surface area contributed by atoms with E-state index in [0.29, 0.717) is 17.5 Å². The van der Waals surface area contributed by atoms with Crippen molar-refractivity contribution in [2.24, 2.45) is 0 Å². The Morgan fingerprint density at radius 3 is 2.95 bits per heavy atom. The SMILES string of the molecule is Cc1ccc([S+]([O-])n2cc3c(n2)CB(C#N)C3)cn1.